The van der Waals surface area contributed by atoms with E-state index in [4.69, 9.17) is 4.74 Å². The standard InChI is InChI=1S/C13H24N4O3/c1-6-13(7-2,11(18)19)9-17-10(14-15-16-17)8-20-12(3,4)5/h6-9H2,1-5H3,(H,18,19). The van der Waals surface area contributed by atoms with Crippen LogP contribution in [0.1, 0.15) is 53.3 Å². The average molecular weight is 284 g/mol. The van der Waals surface area contributed by atoms with Gasteiger partial charge in [0.25, 0.3) is 0 Å². The van der Waals surface area contributed by atoms with Crippen molar-refractivity contribution in [1.29, 1.82) is 0 Å². The largest absolute Gasteiger partial charge is 0.481 e. The fraction of sp³-hybridized carbons (Fsp3) is 0.846. The number of carboxylic acids is 1. The number of carboxylic acid groups (broad SMARTS) is 1. The van der Waals surface area contributed by atoms with Gasteiger partial charge in [0, 0.05) is 0 Å². The maximum Gasteiger partial charge on any atom is 0.311 e. The maximum atomic E-state index is 11.5. The smallest absolute Gasteiger partial charge is 0.311 e. The number of hydrogen-bond acceptors (Lipinski definition) is 5. The van der Waals surface area contributed by atoms with Crippen LogP contribution in [0, 0.1) is 5.41 Å². The van der Waals surface area contributed by atoms with Crippen LogP contribution in [0.2, 0.25) is 0 Å². The Labute approximate surface area is 119 Å². The van der Waals surface area contributed by atoms with Crippen molar-refractivity contribution < 1.29 is 14.6 Å². The molecule has 7 heteroatoms. The van der Waals surface area contributed by atoms with Gasteiger partial charge in [-0.05, 0) is 44.0 Å². The normalized spacial score (nSPS) is 12.7. The molecule has 0 aliphatic heterocycles. The molecule has 1 N–H and O–H groups in total. The molecule has 0 amide bonds. The minimum absolute atomic E-state index is 0.255. The van der Waals surface area contributed by atoms with Gasteiger partial charge in [-0.25, -0.2) is 4.68 Å². The Morgan fingerprint density at radius 3 is 2.35 bits per heavy atom. The Kier molecular flexibility index (Phi) is 5.21. The van der Waals surface area contributed by atoms with E-state index in [2.05, 4.69) is 15.5 Å². The van der Waals surface area contributed by atoms with E-state index in [1.807, 2.05) is 34.6 Å². The van der Waals surface area contributed by atoms with Gasteiger partial charge in [0.1, 0.15) is 6.61 Å². The summed E-state index contributed by atoms with van der Waals surface area (Å²) in [6.07, 6.45) is 1.05. The predicted molar refractivity (Wildman–Crippen MR) is 73.0 cm³/mol. The molecular weight excluding hydrogens is 260 g/mol. The molecule has 0 aliphatic rings. The summed E-state index contributed by atoms with van der Waals surface area (Å²) in [6.45, 7) is 10.1. The van der Waals surface area contributed by atoms with Gasteiger partial charge in [0.15, 0.2) is 5.82 Å². The summed E-state index contributed by atoms with van der Waals surface area (Å²) in [4.78, 5) is 11.5. The summed E-state index contributed by atoms with van der Waals surface area (Å²) in [6, 6.07) is 0. The van der Waals surface area contributed by atoms with Crippen LogP contribution in [0.5, 0.6) is 0 Å². The molecule has 7 nitrogen and oxygen atoms in total. The maximum absolute atomic E-state index is 11.5. The molecule has 114 valence electrons. The Morgan fingerprint density at radius 2 is 1.90 bits per heavy atom. The van der Waals surface area contributed by atoms with Crippen molar-refractivity contribution in [1.82, 2.24) is 20.2 Å². The van der Waals surface area contributed by atoms with E-state index in [1.54, 1.807) is 0 Å². The second kappa shape index (κ2) is 6.30. The second-order valence-electron chi connectivity index (χ2n) is 5.95. The first-order valence-electron chi connectivity index (χ1n) is 6.86. The first kappa shape index (κ1) is 16.6. The molecule has 0 aromatic carbocycles. The van der Waals surface area contributed by atoms with E-state index in [1.165, 1.54) is 4.68 Å². The number of ether oxygens (including phenoxy) is 1. The molecular formula is C13H24N4O3. The van der Waals surface area contributed by atoms with Crippen molar-refractivity contribution in [2.45, 2.75) is 66.2 Å². The highest BCUT2D eigenvalue weighted by Crippen LogP contribution is 2.29. The third-order valence-corrected chi connectivity index (χ3v) is 3.50. The molecule has 0 fully saturated rings. The summed E-state index contributed by atoms with van der Waals surface area (Å²) < 4.78 is 7.18. The number of tetrazole rings is 1. The summed E-state index contributed by atoms with van der Waals surface area (Å²) in [5, 5.41) is 20.9. The van der Waals surface area contributed by atoms with Crippen LogP contribution in [-0.2, 0) is 22.7 Å². The quantitative estimate of drug-likeness (QED) is 0.822. The van der Waals surface area contributed by atoms with Crippen LogP contribution in [0.3, 0.4) is 0 Å². The number of rotatable bonds is 7. The second-order valence-corrected chi connectivity index (χ2v) is 5.95. The van der Waals surface area contributed by atoms with Gasteiger partial charge < -0.3 is 9.84 Å². The molecule has 0 aliphatic carbocycles. The van der Waals surface area contributed by atoms with E-state index < -0.39 is 11.4 Å². The van der Waals surface area contributed by atoms with Crippen LogP contribution < -0.4 is 0 Å². The molecule has 0 atom stereocenters. The lowest BCUT2D eigenvalue weighted by Crippen LogP contribution is -2.35. The number of nitrogens with zero attached hydrogens (tertiary/aromatic N) is 4. The zero-order valence-corrected chi connectivity index (χ0v) is 12.9. The van der Waals surface area contributed by atoms with Gasteiger partial charge in [-0.15, -0.1) is 5.10 Å². The monoisotopic (exact) mass is 284 g/mol. The Morgan fingerprint density at radius 1 is 1.30 bits per heavy atom. The van der Waals surface area contributed by atoms with Crippen LogP contribution >= 0.6 is 0 Å². The number of aromatic nitrogens is 4. The first-order chi connectivity index (χ1) is 9.24. The van der Waals surface area contributed by atoms with Gasteiger partial charge in [-0.1, -0.05) is 13.8 Å². The van der Waals surface area contributed by atoms with E-state index in [9.17, 15) is 9.90 Å². The lowest BCUT2D eigenvalue weighted by molar-refractivity contribution is -0.150. The SMILES string of the molecule is CCC(CC)(Cn1nnnc1COC(C)(C)C)C(=O)O. The summed E-state index contributed by atoms with van der Waals surface area (Å²) >= 11 is 0. The van der Waals surface area contributed by atoms with Crippen molar-refractivity contribution in [3.63, 3.8) is 0 Å². The topological polar surface area (TPSA) is 90.1 Å². The molecule has 0 saturated heterocycles. The van der Waals surface area contributed by atoms with Crippen LogP contribution in [0.15, 0.2) is 0 Å². The Hall–Kier alpha value is -1.50. The van der Waals surface area contributed by atoms with E-state index >= 15 is 0 Å². The number of aliphatic carboxylic acids is 1. The highest BCUT2D eigenvalue weighted by molar-refractivity contribution is 5.74. The Bertz CT molecular complexity index is 447. The summed E-state index contributed by atoms with van der Waals surface area (Å²) in [5.41, 5.74) is -1.14. The molecule has 0 bridgehead atoms. The van der Waals surface area contributed by atoms with E-state index in [-0.39, 0.29) is 18.8 Å². The highest BCUT2D eigenvalue weighted by atomic mass is 16.5. The molecule has 1 aromatic heterocycles. The van der Waals surface area contributed by atoms with Crippen molar-refractivity contribution in [3.8, 4) is 0 Å². The average Bonchev–Trinajstić information content (AvgIpc) is 2.79. The van der Waals surface area contributed by atoms with Crippen LogP contribution in [0.4, 0.5) is 0 Å². The van der Waals surface area contributed by atoms with Crippen molar-refractivity contribution in [2.24, 2.45) is 5.41 Å². The number of hydrogen-bond donors (Lipinski definition) is 1. The lowest BCUT2D eigenvalue weighted by Gasteiger charge is -2.26. The van der Waals surface area contributed by atoms with Crippen LogP contribution in [-0.4, -0.2) is 36.9 Å². The zero-order chi connectivity index (χ0) is 15.4. The first-order valence-corrected chi connectivity index (χ1v) is 6.86. The number of carbonyl (C=O) groups is 1. The minimum atomic E-state index is -0.841. The predicted octanol–water partition coefficient (Wildman–Crippen LogP) is 1.88. The fourth-order valence-electron chi connectivity index (χ4n) is 1.86. The van der Waals surface area contributed by atoms with Gasteiger partial charge in [0.05, 0.1) is 17.6 Å². The third kappa shape index (κ3) is 4.00. The van der Waals surface area contributed by atoms with Gasteiger partial charge in [-0.3, -0.25) is 4.79 Å². The molecule has 0 saturated carbocycles. The molecule has 1 rings (SSSR count). The molecule has 0 unspecified atom stereocenters. The summed E-state index contributed by atoms with van der Waals surface area (Å²) in [7, 11) is 0. The van der Waals surface area contributed by atoms with Crippen LogP contribution in [0.25, 0.3) is 0 Å². The van der Waals surface area contributed by atoms with E-state index in [0.717, 1.165) is 0 Å². The summed E-state index contributed by atoms with van der Waals surface area (Å²) in [5.74, 6) is -0.270. The van der Waals surface area contributed by atoms with E-state index in [0.29, 0.717) is 18.7 Å². The molecule has 1 aromatic rings. The molecule has 1 heterocycles. The van der Waals surface area contributed by atoms with Gasteiger partial charge in [0.2, 0.25) is 0 Å². The minimum Gasteiger partial charge on any atom is -0.481 e. The highest BCUT2D eigenvalue weighted by Gasteiger charge is 2.36. The third-order valence-electron chi connectivity index (χ3n) is 3.50. The molecule has 0 spiro atoms. The van der Waals surface area contributed by atoms with Gasteiger partial charge in [-0.2, -0.15) is 0 Å². The van der Waals surface area contributed by atoms with Crippen molar-refractivity contribution in [2.75, 3.05) is 0 Å². The molecule has 0 radical (unpaired) electrons. The molecule has 20 heavy (non-hydrogen) atoms. The van der Waals surface area contributed by atoms with Crippen molar-refractivity contribution in [3.05, 3.63) is 5.82 Å². The lowest BCUT2D eigenvalue weighted by atomic mass is 9.82. The Balaban J connectivity index is 2.88. The van der Waals surface area contributed by atoms with Gasteiger partial charge >= 0.3 is 5.97 Å². The fourth-order valence-corrected chi connectivity index (χ4v) is 1.86. The zero-order valence-electron chi connectivity index (χ0n) is 12.9. The van der Waals surface area contributed by atoms with Crippen molar-refractivity contribution >= 4 is 5.97 Å².